The quantitative estimate of drug-likeness (QED) is 0.850. The van der Waals surface area contributed by atoms with Crippen LogP contribution >= 0.6 is 0 Å². The van der Waals surface area contributed by atoms with Crippen LogP contribution in [0.5, 0.6) is 0 Å². The fourth-order valence-corrected chi connectivity index (χ4v) is 2.49. The molecule has 6 heteroatoms. The smallest absolute Gasteiger partial charge is 0.261 e. The van der Waals surface area contributed by atoms with Crippen LogP contribution in [0.3, 0.4) is 0 Å². The number of amides is 1. The van der Waals surface area contributed by atoms with E-state index in [-0.39, 0.29) is 17.0 Å². The van der Waals surface area contributed by atoms with Crippen molar-refractivity contribution in [2.75, 3.05) is 6.54 Å². The number of aryl methyl sites for hydroxylation is 2. The van der Waals surface area contributed by atoms with E-state index in [0.717, 1.165) is 30.5 Å². The number of carbonyl (C=O) groups is 1. The molecule has 0 fully saturated rings. The normalized spacial score (nSPS) is 13.2. The first-order valence-corrected chi connectivity index (χ1v) is 6.73. The number of imidazole rings is 1. The first-order valence-electron chi connectivity index (χ1n) is 6.73. The SMILES string of the molecule is O=C(NCCn1ccnc1)c1cc2c([nH]c1=O)CCC2. The molecule has 0 saturated carbocycles. The number of hydrogen-bond donors (Lipinski definition) is 2. The number of aromatic nitrogens is 3. The fraction of sp³-hybridized carbons (Fsp3) is 0.357. The molecule has 0 saturated heterocycles. The number of fused-ring (bicyclic) bond motifs is 1. The Hall–Kier alpha value is -2.37. The molecule has 0 unspecified atom stereocenters. The van der Waals surface area contributed by atoms with E-state index in [2.05, 4.69) is 15.3 Å². The van der Waals surface area contributed by atoms with Crippen molar-refractivity contribution < 1.29 is 4.79 Å². The van der Waals surface area contributed by atoms with E-state index in [1.54, 1.807) is 18.6 Å². The molecule has 0 aromatic carbocycles. The summed E-state index contributed by atoms with van der Waals surface area (Å²) in [6, 6.07) is 1.73. The molecule has 20 heavy (non-hydrogen) atoms. The van der Waals surface area contributed by atoms with Crippen LogP contribution in [0.4, 0.5) is 0 Å². The third-order valence-corrected chi connectivity index (χ3v) is 3.55. The number of H-pyrrole nitrogens is 1. The fourth-order valence-electron chi connectivity index (χ4n) is 2.49. The third-order valence-electron chi connectivity index (χ3n) is 3.55. The predicted molar refractivity (Wildman–Crippen MR) is 73.6 cm³/mol. The van der Waals surface area contributed by atoms with Crippen molar-refractivity contribution in [3.63, 3.8) is 0 Å². The molecule has 3 rings (SSSR count). The van der Waals surface area contributed by atoms with Crippen molar-refractivity contribution >= 4 is 5.91 Å². The molecule has 1 aliphatic rings. The van der Waals surface area contributed by atoms with Crippen molar-refractivity contribution in [3.8, 4) is 0 Å². The van der Waals surface area contributed by atoms with Gasteiger partial charge in [0.2, 0.25) is 0 Å². The highest BCUT2D eigenvalue weighted by Gasteiger charge is 2.17. The average molecular weight is 272 g/mol. The van der Waals surface area contributed by atoms with Gasteiger partial charge < -0.3 is 14.9 Å². The summed E-state index contributed by atoms with van der Waals surface area (Å²) in [7, 11) is 0. The molecule has 2 N–H and O–H groups in total. The van der Waals surface area contributed by atoms with Gasteiger partial charge in [-0.2, -0.15) is 0 Å². The van der Waals surface area contributed by atoms with Gasteiger partial charge in [0.05, 0.1) is 6.33 Å². The average Bonchev–Trinajstić information content (AvgIpc) is 3.08. The van der Waals surface area contributed by atoms with Crippen molar-refractivity contribution in [2.24, 2.45) is 0 Å². The number of rotatable bonds is 4. The summed E-state index contributed by atoms with van der Waals surface area (Å²) >= 11 is 0. The zero-order valence-electron chi connectivity index (χ0n) is 11.1. The molecule has 104 valence electrons. The monoisotopic (exact) mass is 272 g/mol. The standard InChI is InChI=1S/C14H16N4O2/c19-13(16-5-7-18-6-4-15-9-18)11-8-10-2-1-3-12(10)17-14(11)20/h4,6,8-9H,1-3,5,7H2,(H,16,19)(H,17,20). The van der Waals surface area contributed by atoms with E-state index in [4.69, 9.17) is 0 Å². The summed E-state index contributed by atoms with van der Waals surface area (Å²) < 4.78 is 1.87. The minimum atomic E-state index is -0.318. The van der Waals surface area contributed by atoms with Gasteiger partial charge in [-0.15, -0.1) is 0 Å². The second-order valence-electron chi connectivity index (χ2n) is 4.93. The Balaban J connectivity index is 1.66. The van der Waals surface area contributed by atoms with Gasteiger partial charge in [0.15, 0.2) is 0 Å². The van der Waals surface area contributed by atoms with Gasteiger partial charge >= 0.3 is 0 Å². The van der Waals surface area contributed by atoms with Gasteiger partial charge in [0.25, 0.3) is 11.5 Å². The van der Waals surface area contributed by atoms with Gasteiger partial charge in [-0.1, -0.05) is 0 Å². The molecular weight excluding hydrogens is 256 g/mol. The lowest BCUT2D eigenvalue weighted by atomic mass is 10.1. The van der Waals surface area contributed by atoms with E-state index in [0.29, 0.717) is 13.1 Å². The lowest BCUT2D eigenvalue weighted by molar-refractivity contribution is 0.0950. The lowest BCUT2D eigenvalue weighted by Crippen LogP contribution is -2.32. The highest BCUT2D eigenvalue weighted by molar-refractivity contribution is 5.94. The lowest BCUT2D eigenvalue weighted by Gasteiger charge is -2.07. The van der Waals surface area contributed by atoms with E-state index >= 15 is 0 Å². The summed E-state index contributed by atoms with van der Waals surface area (Å²) in [4.78, 5) is 30.7. The number of aromatic amines is 1. The Labute approximate surface area is 115 Å². The number of nitrogens with zero attached hydrogens (tertiary/aromatic N) is 2. The Morgan fingerprint density at radius 3 is 3.15 bits per heavy atom. The van der Waals surface area contributed by atoms with Crippen molar-refractivity contribution in [2.45, 2.75) is 25.8 Å². The highest BCUT2D eigenvalue weighted by Crippen LogP contribution is 2.18. The van der Waals surface area contributed by atoms with Crippen LogP contribution in [0.2, 0.25) is 0 Å². The molecule has 1 amide bonds. The van der Waals surface area contributed by atoms with Gasteiger partial charge in [0, 0.05) is 31.2 Å². The molecule has 0 bridgehead atoms. The van der Waals surface area contributed by atoms with E-state index < -0.39 is 0 Å². The van der Waals surface area contributed by atoms with Crippen molar-refractivity contribution in [1.29, 1.82) is 0 Å². The Morgan fingerprint density at radius 1 is 1.45 bits per heavy atom. The maximum Gasteiger partial charge on any atom is 0.261 e. The molecule has 1 aliphatic carbocycles. The van der Waals surface area contributed by atoms with Crippen LogP contribution in [0, 0.1) is 0 Å². The third kappa shape index (κ3) is 2.49. The molecule has 0 aliphatic heterocycles. The molecule has 2 aromatic rings. The molecule has 0 spiro atoms. The van der Waals surface area contributed by atoms with Gasteiger partial charge in [-0.25, -0.2) is 4.98 Å². The maximum absolute atomic E-state index is 12.0. The first-order chi connectivity index (χ1) is 9.74. The van der Waals surface area contributed by atoms with Crippen LogP contribution in [0.15, 0.2) is 29.6 Å². The van der Waals surface area contributed by atoms with Gasteiger partial charge in [0.1, 0.15) is 5.56 Å². The number of carbonyl (C=O) groups excluding carboxylic acids is 1. The predicted octanol–water partition coefficient (Wildman–Crippen LogP) is 0.490. The minimum absolute atomic E-state index is 0.205. The second-order valence-corrected chi connectivity index (χ2v) is 4.93. The summed E-state index contributed by atoms with van der Waals surface area (Å²) in [5.74, 6) is -0.318. The van der Waals surface area contributed by atoms with E-state index in [9.17, 15) is 9.59 Å². The summed E-state index contributed by atoms with van der Waals surface area (Å²) in [6.45, 7) is 1.10. The second kappa shape index (κ2) is 5.32. The molecule has 2 aromatic heterocycles. The topological polar surface area (TPSA) is 79.8 Å². The number of nitrogens with one attached hydrogen (secondary N) is 2. The first kappa shape index (κ1) is 12.7. The zero-order valence-corrected chi connectivity index (χ0v) is 11.1. The summed E-state index contributed by atoms with van der Waals surface area (Å²) in [6.07, 6.45) is 8.07. The summed E-state index contributed by atoms with van der Waals surface area (Å²) in [5, 5.41) is 2.76. The van der Waals surface area contributed by atoms with Crippen molar-refractivity contribution in [1.82, 2.24) is 19.9 Å². The molecule has 6 nitrogen and oxygen atoms in total. The van der Waals surface area contributed by atoms with Crippen LogP contribution in [-0.4, -0.2) is 27.0 Å². The minimum Gasteiger partial charge on any atom is -0.350 e. The number of hydrogen-bond acceptors (Lipinski definition) is 3. The maximum atomic E-state index is 12.0. The molecular formula is C14H16N4O2. The molecule has 0 radical (unpaired) electrons. The van der Waals surface area contributed by atoms with Crippen LogP contribution in [0.25, 0.3) is 0 Å². The van der Waals surface area contributed by atoms with Gasteiger partial charge in [-0.3, -0.25) is 9.59 Å². The van der Waals surface area contributed by atoms with Crippen molar-refractivity contribution in [3.05, 3.63) is 52.0 Å². The van der Waals surface area contributed by atoms with E-state index in [1.165, 1.54) is 0 Å². The van der Waals surface area contributed by atoms with E-state index in [1.807, 2.05) is 10.8 Å². The Kier molecular flexibility index (Phi) is 3.37. The Morgan fingerprint density at radius 2 is 2.35 bits per heavy atom. The van der Waals surface area contributed by atoms with Crippen LogP contribution in [0.1, 0.15) is 28.0 Å². The molecule has 2 heterocycles. The Bertz CT molecular complexity index is 673. The zero-order chi connectivity index (χ0) is 13.9. The molecule has 0 atom stereocenters. The van der Waals surface area contributed by atoms with Crippen LogP contribution in [-0.2, 0) is 19.4 Å². The summed E-state index contributed by atoms with van der Waals surface area (Å²) in [5.41, 5.74) is 1.97. The van der Waals surface area contributed by atoms with Crippen LogP contribution < -0.4 is 10.9 Å². The van der Waals surface area contributed by atoms with Gasteiger partial charge in [-0.05, 0) is 30.9 Å². The highest BCUT2D eigenvalue weighted by atomic mass is 16.2. The largest absolute Gasteiger partial charge is 0.350 e. The number of pyridine rings is 1.